The molecule has 7 nitrogen and oxygen atoms in total. The third-order valence-corrected chi connectivity index (χ3v) is 7.56. The molecule has 1 saturated heterocycles. The molecule has 0 aromatic carbocycles. The van der Waals surface area contributed by atoms with E-state index >= 15 is 0 Å². The van der Waals surface area contributed by atoms with Crippen molar-refractivity contribution in [2.24, 2.45) is 23.2 Å². The van der Waals surface area contributed by atoms with Crippen molar-refractivity contribution in [1.82, 2.24) is 24.8 Å². The van der Waals surface area contributed by atoms with Crippen LogP contribution in [0.25, 0.3) is 11.2 Å². The fraction of sp³-hybridized carbons (Fsp3) is 0.700. The topological polar surface area (TPSA) is 78.0 Å². The van der Waals surface area contributed by atoms with Crippen LogP contribution in [-0.2, 0) is 4.79 Å². The number of aromatic nitrogens is 4. The Labute approximate surface area is 158 Å². The minimum atomic E-state index is -0.0253. The lowest BCUT2D eigenvalue weighted by atomic mass is 9.49. The van der Waals surface area contributed by atoms with Crippen molar-refractivity contribution in [3.8, 4) is 0 Å². The highest BCUT2D eigenvalue weighted by molar-refractivity contribution is 5.85. The predicted molar refractivity (Wildman–Crippen MR) is 101 cm³/mol. The maximum atomic E-state index is 13.5. The molecule has 142 valence electrons. The Kier molecular flexibility index (Phi) is 3.32. The number of fused-ring (bicyclic) bond motifs is 1. The lowest BCUT2D eigenvalue weighted by Crippen LogP contribution is -2.58. The van der Waals surface area contributed by atoms with Crippen LogP contribution in [-0.4, -0.2) is 56.9 Å². The van der Waals surface area contributed by atoms with E-state index in [1.54, 1.807) is 12.7 Å². The number of nitrogens with zero attached hydrogens (tertiary/aromatic N) is 5. The summed E-state index contributed by atoms with van der Waals surface area (Å²) in [6, 6.07) is 0. The number of rotatable bonds is 2. The number of carbonyl (C=O) groups excluding carboxylic acids is 1. The van der Waals surface area contributed by atoms with Crippen LogP contribution in [0.15, 0.2) is 12.7 Å². The molecule has 4 saturated carbocycles. The molecule has 2 aromatic rings. The van der Waals surface area contributed by atoms with E-state index < -0.39 is 0 Å². The van der Waals surface area contributed by atoms with Gasteiger partial charge in [-0.05, 0) is 56.3 Å². The molecular weight excluding hydrogens is 340 g/mol. The Morgan fingerprint density at radius 2 is 1.63 bits per heavy atom. The Morgan fingerprint density at radius 1 is 0.963 bits per heavy atom. The van der Waals surface area contributed by atoms with E-state index in [1.807, 2.05) is 0 Å². The van der Waals surface area contributed by atoms with Gasteiger partial charge in [-0.15, -0.1) is 0 Å². The minimum absolute atomic E-state index is 0.0253. The van der Waals surface area contributed by atoms with Crippen LogP contribution in [0.1, 0.15) is 38.5 Å². The zero-order valence-corrected chi connectivity index (χ0v) is 15.6. The van der Waals surface area contributed by atoms with Gasteiger partial charge in [0.25, 0.3) is 0 Å². The number of carbonyl (C=O) groups is 1. The highest BCUT2D eigenvalue weighted by Gasteiger charge is 2.55. The summed E-state index contributed by atoms with van der Waals surface area (Å²) in [4.78, 5) is 34.0. The molecule has 0 atom stereocenters. The lowest BCUT2D eigenvalue weighted by molar-refractivity contribution is -0.158. The fourth-order valence-electron chi connectivity index (χ4n) is 6.82. The van der Waals surface area contributed by atoms with Crippen molar-refractivity contribution in [3.63, 3.8) is 0 Å². The molecule has 4 aliphatic carbocycles. The molecule has 0 spiro atoms. The van der Waals surface area contributed by atoms with Gasteiger partial charge < -0.3 is 14.8 Å². The Bertz CT molecular complexity index is 848. The van der Waals surface area contributed by atoms with E-state index in [9.17, 15) is 4.79 Å². The quantitative estimate of drug-likeness (QED) is 0.882. The van der Waals surface area contributed by atoms with Crippen molar-refractivity contribution < 1.29 is 4.79 Å². The van der Waals surface area contributed by atoms with Crippen molar-refractivity contribution in [2.75, 3.05) is 31.1 Å². The molecule has 5 aliphatic rings. The van der Waals surface area contributed by atoms with E-state index in [0.29, 0.717) is 11.6 Å². The van der Waals surface area contributed by atoms with Crippen LogP contribution in [0.4, 0.5) is 5.82 Å². The number of H-pyrrole nitrogens is 1. The van der Waals surface area contributed by atoms with Crippen LogP contribution in [0.5, 0.6) is 0 Å². The standard InChI is InChI=1S/C20H26N6O/c27-19(20-8-13-5-14(9-20)7-15(6-13)10-20)26-3-1-25(2-4-26)18-16-17(22-11-21-16)23-12-24-18/h11-15H,1-10H2,(H,21,22,23,24). The van der Waals surface area contributed by atoms with Gasteiger partial charge in [0.05, 0.1) is 11.7 Å². The molecule has 4 bridgehead atoms. The van der Waals surface area contributed by atoms with E-state index in [-0.39, 0.29) is 5.41 Å². The molecule has 5 fully saturated rings. The van der Waals surface area contributed by atoms with Gasteiger partial charge in [0, 0.05) is 26.2 Å². The van der Waals surface area contributed by atoms with Gasteiger partial charge in [-0.3, -0.25) is 4.79 Å². The number of nitrogens with one attached hydrogen (secondary N) is 1. The zero-order chi connectivity index (χ0) is 18.0. The van der Waals surface area contributed by atoms with Crippen LogP contribution < -0.4 is 4.90 Å². The van der Waals surface area contributed by atoms with Gasteiger partial charge in [-0.25, -0.2) is 15.0 Å². The summed E-state index contributed by atoms with van der Waals surface area (Å²) < 4.78 is 0. The lowest BCUT2D eigenvalue weighted by Gasteiger charge is -2.57. The number of anilines is 1. The zero-order valence-electron chi connectivity index (χ0n) is 15.6. The third kappa shape index (κ3) is 2.39. The third-order valence-electron chi connectivity index (χ3n) is 7.56. The number of hydrogen-bond acceptors (Lipinski definition) is 5. The summed E-state index contributed by atoms with van der Waals surface area (Å²) in [7, 11) is 0. The van der Waals surface area contributed by atoms with E-state index in [0.717, 1.165) is 74.5 Å². The molecule has 7 rings (SSSR count). The maximum Gasteiger partial charge on any atom is 0.228 e. The number of imidazole rings is 1. The average molecular weight is 366 g/mol. The number of hydrogen-bond donors (Lipinski definition) is 1. The average Bonchev–Trinajstić information content (AvgIpc) is 3.15. The van der Waals surface area contributed by atoms with Gasteiger partial charge >= 0.3 is 0 Å². The second kappa shape index (κ2) is 5.66. The molecule has 0 unspecified atom stereocenters. The molecular formula is C20H26N6O. The largest absolute Gasteiger partial charge is 0.351 e. The number of amides is 1. The summed E-state index contributed by atoms with van der Waals surface area (Å²) >= 11 is 0. The summed E-state index contributed by atoms with van der Waals surface area (Å²) in [6.07, 6.45) is 10.8. The first-order chi connectivity index (χ1) is 13.2. The normalized spacial score (nSPS) is 35.2. The summed E-state index contributed by atoms with van der Waals surface area (Å²) in [5.41, 5.74) is 1.56. The summed E-state index contributed by atoms with van der Waals surface area (Å²) in [5, 5.41) is 0. The SMILES string of the molecule is O=C(N1CCN(c2ncnc3nc[nH]c23)CC1)C12CC3CC(CC(C3)C1)C2. The van der Waals surface area contributed by atoms with Gasteiger partial charge in [-0.2, -0.15) is 0 Å². The van der Waals surface area contributed by atoms with Crippen LogP contribution in [0.2, 0.25) is 0 Å². The molecule has 2 aromatic heterocycles. The van der Waals surface area contributed by atoms with Crippen LogP contribution >= 0.6 is 0 Å². The van der Waals surface area contributed by atoms with Gasteiger partial charge in [0.2, 0.25) is 5.91 Å². The number of piperazine rings is 1. The molecule has 0 radical (unpaired) electrons. The second-order valence-corrected chi connectivity index (χ2v) is 9.28. The van der Waals surface area contributed by atoms with Gasteiger partial charge in [0.15, 0.2) is 11.5 Å². The van der Waals surface area contributed by atoms with Crippen molar-refractivity contribution >= 4 is 22.9 Å². The van der Waals surface area contributed by atoms with Gasteiger partial charge in [-0.1, -0.05) is 0 Å². The monoisotopic (exact) mass is 366 g/mol. The van der Waals surface area contributed by atoms with Crippen molar-refractivity contribution in [1.29, 1.82) is 0 Å². The highest BCUT2D eigenvalue weighted by Crippen LogP contribution is 2.60. The highest BCUT2D eigenvalue weighted by atomic mass is 16.2. The Morgan fingerprint density at radius 3 is 2.30 bits per heavy atom. The smallest absolute Gasteiger partial charge is 0.228 e. The second-order valence-electron chi connectivity index (χ2n) is 9.28. The van der Waals surface area contributed by atoms with Crippen LogP contribution in [0, 0.1) is 23.2 Å². The molecule has 1 aliphatic heterocycles. The first kappa shape index (κ1) is 15.8. The first-order valence-electron chi connectivity index (χ1n) is 10.4. The van der Waals surface area contributed by atoms with E-state index in [1.165, 1.54) is 19.3 Å². The van der Waals surface area contributed by atoms with E-state index in [4.69, 9.17) is 0 Å². The number of aromatic amines is 1. The molecule has 7 heteroatoms. The van der Waals surface area contributed by atoms with Crippen molar-refractivity contribution in [2.45, 2.75) is 38.5 Å². The Hall–Kier alpha value is -2.18. The minimum Gasteiger partial charge on any atom is -0.351 e. The first-order valence-corrected chi connectivity index (χ1v) is 10.4. The van der Waals surface area contributed by atoms with Crippen molar-refractivity contribution in [3.05, 3.63) is 12.7 Å². The Balaban J connectivity index is 1.19. The molecule has 3 heterocycles. The molecule has 1 N–H and O–H groups in total. The van der Waals surface area contributed by atoms with Gasteiger partial charge in [0.1, 0.15) is 11.8 Å². The van der Waals surface area contributed by atoms with Crippen LogP contribution in [0.3, 0.4) is 0 Å². The summed E-state index contributed by atoms with van der Waals surface area (Å²) in [6.45, 7) is 3.23. The maximum absolute atomic E-state index is 13.5. The summed E-state index contributed by atoms with van der Waals surface area (Å²) in [5.74, 6) is 3.80. The van der Waals surface area contributed by atoms with E-state index in [2.05, 4.69) is 29.7 Å². The predicted octanol–water partition coefficient (Wildman–Crippen LogP) is 2.22. The fourth-order valence-corrected chi connectivity index (χ4v) is 6.82. The molecule has 27 heavy (non-hydrogen) atoms. The molecule has 1 amide bonds.